The third-order valence-corrected chi connectivity index (χ3v) is 2.98. The van der Waals surface area contributed by atoms with Crippen LogP contribution >= 0.6 is 11.6 Å². The van der Waals surface area contributed by atoms with Gasteiger partial charge in [-0.25, -0.2) is 4.39 Å². The number of benzene rings is 1. The van der Waals surface area contributed by atoms with Crippen LogP contribution in [0.3, 0.4) is 0 Å². The van der Waals surface area contributed by atoms with E-state index in [4.69, 9.17) is 20.9 Å². The Kier molecular flexibility index (Phi) is 5.46. The lowest BCUT2D eigenvalue weighted by Crippen LogP contribution is -2.18. The zero-order valence-corrected chi connectivity index (χ0v) is 11.8. The van der Waals surface area contributed by atoms with Gasteiger partial charge >= 0.3 is 0 Å². The van der Waals surface area contributed by atoms with Crippen molar-refractivity contribution in [3.63, 3.8) is 0 Å². The summed E-state index contributed by atoms with van der Waals surface area (Å²) in [5.41, 5.74) is 0.757. The summed E-state index contributed by atoms with van der Waals surface area (Å²) in [5, 5.41) is 7.32. The third kappa shape index (κ3) is 4.26. The zero-order chi connectivity index (χ0) is 14.4. The molecule has 0 aliphatic heterocycles. The topological polar surface area (TPSA) is 60.2 Å². The van der Waals surface area contributed by atoms with E-state index in [1.165, 1.54) is 12.1 Å². The molecule has 7 heteroatoms. The molecule has 0 bridgehead atoms. The van der Waals surface area contributed by atoms with Gasteiger partial charge in [0.2, 0.25) is 5.89 Å². The fourth-order valence-corrected chi connectivity index (χ4v) is 1.87. The van der Waals surface area contributed by atoms with Gasteiger partial charge in [-0.3, -0.25) is 0 Å². The summed E-state index contributed by atoms with van der Waals surface area (Å²) in [5.74, 6) is 0.645. The van der Waals surface area contributed by atoms with Gasteiger partial charge in [0.15, 0.2) is 5.82 Å². The molecule has 1 N–H and O–H groups in total. The molecule has 0 amide bonds. The average molecular weight is 300 g/mol. The van der Waals surface area contributed by atoms with Crippen molar-refractivity contribution >= 4 is 11.6 Å². The van der Waals surface area contributed by atoms with E-state index in [0.29, 0.717) is 42.9 Å². The molecule has 1 heterocycles. The molecule has 2 aromatic rings. The maximum Gasteiger partial charge on any atom is 0.240 e. The van der Waals surface area contributed by atoms with Crippen molar-refractivity contribution in [3.8, 4) is 0 Å². The van der Waals surface area contributed by atoms with E-state index >= 15 is 0 Å². The van der Waals surface area contributed by atoms with Crippen LogP contribution in [0.1, 0.15) is 17.3 Å². The highest BCUT2D eigenvalue weighted by atomic mass is 35.5. The number of nitrogens with zero attached hydrogens (tertiary/aromatic N) is 2. The molecule has 0 fully saturated rings. The Balaban J connectivity index is 1.92. The molecule has 2 rings (SSSR count). The van der Waals surface area contributed by atoms with E-state index in [1.807, 2.05) is 0 Å². The smallest absolute Gasteiger partial charge is 0.240 e. The van der Waals surface area contributed by atoms with Crippen LogP contribution in [0.5, 0.6) is 0 Å². The van der Waals surface area contributed by atoms with Gasteiger partial charge in [0.1, 0.15) is 5.82 Å². The second-order valence-electron chi connectivity index (χ2n) is 4.19. The lowest BCUT2D eigenvalue weighted by Gasteiger charge is -2.00. The molecular formula is C13H15ClFN3O2. The predicted molar refractivity (Wildman–Crippen MR) is 72.1 cm³/mol. The fourth-order valence-electron chi connectivity index (χ4n) is 1.64. The quantitative estimate of drug-likeness (QED) is 0.794. The number of aromatic nitrogens is 2. The summed E-state index contributed by atoms with van der Waals surface area (Å²) < 4.78 is 23.0. The molecule has 0 aliphatic rings. The minimum absolute atomic E-state index is 0.356. The number of methoxy groups -OCH3 is 1. The van der Waals surface area contributed by atoms with Crippen molar-refractivity contribution in [1.82, 2.24) is 15.5 Å². The van der Waals surface area contributed by atoms with E-state index in [2.05, 4.69) is 15.5 Å². The Morgan fingerprint density at radius 3 is 3.05 bits per heavy atom. The molecular weight excluding hydrogens is 285 g/mol. The summed E-state index contributed by atoms with van der Waals surface area (Å²) in [6.07, 6.45) is 0.403. The van der Waals surface area contributed by atoms with Crippen molar-refractivity contribution in [2.45, 2.75) is 13.0 Å². The molecule has 0 unspecified atom stereocenters. The Morgan fingerprint density at radius 1 is 1.45 bits per heavy atom. The van der Waals surface area contributed by atoms with E-state index in [0.717, 1.165) is 5.56 Å². The standard InChI is InChI=1S/C13H15ClFN3O2/c1-19-5-4-16-8-13-17-12(18-20-13)6-9-2-3-10(15)7-11(9)14/h2-3,7,16H,4-6,8H2,1H3. The Bertz CT molecular complexity index is 562. The average Bonchev–Trinajstić information content (AvgIpc) is 2.86. The van der Waals surface area contributed by atoms with Crippen molar-refractivity contribution in [2.75, 3.05) is 20.3 Å². The Hall–Kier alpha value is -1.50. The molecule has 0 spiro atoms. The van der Waals surface area contributed by atoms with Gasteiger partial charge in [-0.05, 0) is 17.7 Å². The van der Waals surface area contributed by atoms with Crippen LogP contribution < -0.4 is 5.32 Å². The second kappa shape index (κ2) is 7.33. The summed E-state index contributed by atoms with van der Waals surface area (Å²) in [6.45, 7) is 1.80. The zero-order valence-electron chi connectivity index (χ0n) is 11.0. The van der Waals surface area contributed by atoms with Crippen molar-refractivity contribution in [3.05, 3.63) is 46.3 Å². The summed E-state index contributed by atoms with van der Waals surface area (Å²) in [7, 11) is 1.64. The molecule has 20 heavy (non-hydrogen) atoms. The van der Waals surface area contributed by atoms with Crippen molar-refractivity contribution in [2.24, 2.45) is 0 Å². The molecule has 1 aromatic heterocycles. The van der Waals surface area contributed by atoms with Gasteiger partial charge in [0.25, 0.3) is 0 Å². The molecule has 0 aliphatic carbocycles. The van der Waals surface area contributed by atoms with Gasteiger partial charge in [0.05, 0.1) is 13.2 Å². The van der Waals surface area contributed by atoms with Crippen LogP contribution in [0.15, 0.2) is 22.7 Å². The highest BCUT2D eigenvalue weighted by Crippen LogP contribution is 2.19. The van der Waals surface area contributed by atoms with Gasteiger partial charge in [-0.1, -0.05) is 22.8 Å². The molecule has 108 valence electrons. The van der Waals surface area contributed by atoms with Gasteiger partial charge in [0, 0.05) is 25.1 Å². The Labute approximate surface area is 121 Å². The first-order valence-corrected chi connectivity index (χ1v) is 6.52. The van der Waals surface area contributed by atoms with Crippen LogP contribution in [0.4, 0.5) is 4.39 Å². The summed E-state index contributed by atoms with van der Waals surface area (Å²) in [6, 6.07) is 4.24. The molecule has 1 aromatic carbocycles. The first-order chi connectivity index (χ1) is 9.69. The van der Waals surface area contributed by atoms with E-state index in [-0.39, 0.29) is 5.82 Å². The lowest BCUT2D eigenvalue weighted by molar-refractivity contribution is 0.197. The maximum atomic E-state index is 12.9. The first-order valence-electron chi connectivity index (χ1n) is 6.14. The van der Waals surface area contributed by atoms with Crippen LogP contribution in [0.25, 0.3) is 0 Å². The summed E-state index contributed by atoms with van der Waals surface area (Å²) in [4.78, 5) is 4.23. The van der Waals surface area contributed by atoms with Gasteiger partial charge < -0.3 is 14.6 Å². The van der Waals surface area contributed by atoms with E-state index in [9.17, 15) is 4.39 Å². The van der Waals surface area contributed by atoms with Crippen LogP contribution in [0, 0.1) is 5.82 Å². The number of hydrogen-bond acceptors (Lipinski definition) is 5. The first kappa shape index (κ1) is 14.9. The van der Waals surface area contributed by atoms with Crippen molar-refractivity contribution < 1.29 is 13.7 Å². The molecule has 0 saturated heterocycles. The highest BCUT2D eigenvalue weighted by molar-refractivity contribution is 6.31. The maximum absolute atomic E-state index is 12.9. The minimum atomic E-state index is -0.366. The molecule has 5 nitrogen and oxygen atoms in total. The molecule has 0 atom stereocenters. The number of halogens is 2. The fraction of sp³-hybridized carbons (Fsp3) is 0.385. The number of ether oxygens (including phenoxy) is 1. The SMILES string of the molecule is COCCNCc1nc(Cc2ccc(F)cc2Cl)no1. The monoisotopic (exact) mass is 299 g/mol. The lowest BCUT2D eigenvalue weighted by atomic mass is 10.1. The van der Waals surface area contributed by atoms with Gasteiger partial charge in [-0.2, -0.15) is 4.98 Å². The molecule has 0 radical (unpaired) electrons. The third-order valence-electron chi connectivity index (χ3n) is 2.63. The normalized spacial score (nSPS) is 10.9. The second-order valence-corrected chi connectivity index (χ2v) is 4.59. The summed E-state index contributed by atoms with van der Waals surface area (Å²) >= 11 is 5.95. The van der Waals surface area contributed by atoms with Crippen LogP contribution in [0.2, 0.25) is 5.02 Å². The van der Waals surface area contributed by atoms with Gasteiger partial charge in [-0.15, -0.1) is 0 Å². The molecule has 0 saturated carbocycles. The van der Waals surface area contributed by atoms with E-state index in [1.54, 1.807) is 13.2 Å². The van der Waals surface area contributed by atoms with Crippen LogP contribution in [-0.2, 0) is 17.7 Å². The number of rotatable bonds is 7. The van der Waals surface area contributed by atoms with Crippen LogP contribution in [-0.4, -0.2) is 30.4 Å². The van der Waals surface area contributed by atoms with Crippen molar-refractivity contribution in [1.29, 1.82) is 0 Å². The Morgan fingerprint density at radius 2 is 2.30 bits per heavy atom. The predicted octanol–water partition coefficient (Wildman–Crippen LogP) is 2.19. The minimum Gasteiger partial charge on any atom is -0.383 e. The largest absolute Gasteiger partial charge is 0.383 e. The number of hydrogen-bond donors (Lipinski definition) is 1. The number of nitrogens with one attached hydrogen (secondary N) is 1. The van der Waals surface area contributed by atoms with E-state index < -0.39 is 0 Å². The highest BCUT2D eigenvalue weighted by Gasteiger charge is 2.09.